The summed E-state index contributed by atoms with van der Waals surface area (Å²) in [6, 6.07) is 5.28. The van der Waals surface area contributed by atoms with Gasteiger partial charge in [0, 0.05) is 187 Å². The normalized spacial score (nSPS) is 49.5. The Hall–Kier alpha value is -3.53. The molecule has 8 saturated carbocycles. The van der Waals surface area contributed by atoms with Crippen LogP contribution in [-0.4, -0.2) is 352 Å². The van der Waals surface area contributed by atoms with Gasteiger partial charge in [-0.3, -0.25) is 47.9 Å². The number of hydrogen-bond acceptors (Lipinski definition) is 30. The fourth-order valence-corrected chi connectivity index (χ4v) is 42.5. The molecule has 43 atom stereocenters. The lowest BCUT2D eigenvalue weighted by molar-refractivity contribution is -0.152. The fraction of sp³-hybridized carbons (Fsp3) is 0.903. The molecular formula is C103H166O30Si10. The minimum absolute atomic E-state index is 0.00644. The minimum Gasteiger partial charge on any atom is -0.465 e. The van der Waals surface area contributed by atoms with E-state index in [0.717, 1.165) is 145 Å². The molecule has 22 saturated heterocycles. The second-order valence-corrected chi connectivity index (χ2v) is 63.7. The third kappa shape index (κ3) is 20.0. The minimum atomic E-state index is -0.217. The molecule has 40 heteroatoms. The van der Waals surface area contributed by atoms with Crippen molar-refractivity contribution in [1.82, 2.24) is 0 Å². The second-order valence-electron chi connectivity index (χ2n) is 50.8. The molecule has 0 N–H and O–H groups in total. The quantitative estimate of drug-likeness (QED) is 0.0838. The highest BCUT2D eigenvalue weighted by atomic mass is 28.2. The molecule has 22 heterocycles. The van der Waals surface area contributed by atoms with Crippen LogP contribution in [0, 0.1) is 121 Å². The van der Waals surface area contributed by atoms with E-state index in [1.165, 1.54) is 222 Å². The molecule has 0 aromatic rings. The van der Waals surface area contributed by atoms with Gasteiger partial charge in [0.1, 0.15) is 13.2 Å². The van der Waals surface area contributed by atoms with E-state index in [9.17, 15) is 47.9 Å². The standard InChI is InChI=1S/3C13H22O3Si.C12H20O3Si.4C9H14O3Si.2C8H12O3Si/c14-12-13(2-4-16-12)8-9-6-10(13)11(7-9)15-3-1-5-17;2*14-12-7-13(8-16-12)6-9-4-10(13)11(5-9)15-2-1-3-17;13-12-11-8-4-7(9(11)6-15-12)5-10(8)14-2-1-3-16;10-8-3-9(4-11-8)2-5-6(13)1-7(9)12-5;10-7-3-9(4-11-7)2-5-1-6(13)8(9)12-5;10-8-9(1-2-11-8)4-5-6(13)3-7(9)12-5;10-8-9(1-2-11-8)4-5-3-6(13)7(9)12-5;9-8-6-3(2-10-8)7-5(12)1-4(6)11-7;9-8-6-3(2-10-8)4-1-5(12)7(6)11-4/h3*9-11H,1-8H2,17H3;7-11H,1-6H2,16H3;5-7H,1-4H2,13H3;5-6,8H,1-4H2,13H3;2*5-7H,1-4H2,13H3;2*3-7H,1-2H2,12H3. The van der Waals surface area contributed by atoms with Crippen molar-refractivity contribution in [2.24, 2.45) is 121 Å². The number of carbonyl (C=O) groups excluding carboxylic acids is 10. The van der Waals surface area contributed by atoms with Gasteiger partial charge in [-0.25, -0.2) is 0 Å². The molecule has 30 rings (SSSR count). The summed E-state index contributed by atoms with van der Waals surface area (Å²) in [5, 5.41) is 0. The Morgan fingerprint density at radius 1 is 0.294 bits per heavy atom. The van der Waals surface area contributed by atoms with Crippen LogP contribution >= 0.6 is 0 Å². The van der Waals surface area contributed by atoms with Gasteiger partial charge >= 0.3 is 59.7 Å². The van der Waals surface area contributed by atoms with E-state index >= 15 is 0 Å². The zero-order chi connectivity index (χ0) is 99.6. The molecule has 0 amide bonds. The summed E-state index contributed by atoms with van der Waals surface area (Å²) in [4.78, 5) is 114. The van der Waals surface area contributed by atoms with Crippen LogP contribution in [0.15, 0.2) is 0 Å². The number of cyclic esters (lactones) is 10. The largest absolute Gasteiger partial charge is 0.465 e. The van der Waals surface area contributed by atoms with Crippen molar-refractivity contribution >= 4 is 162 Å². The first-order chi connectivity index (χ1) is 68.9. The van der Waals surface area contributed by atoms with E-state index in [2.05, 4.69) is 0 Å². The van der Waals surface area contributed by atoms with Crippen molar-refractivity contribution in [3.8, 4) is 0 Å². The molecule has 143 heavy (non-hydrogen) atoms. The molecule has 43 unspecified atom stereocenters. The highest BCUT2D eigenvalue weighted by Crippen LogP contribution is 2.67. The molecule has 7 spiro atoms. The van der Waals surface area contributed by atoms with Crippen LogP contribution < -0.4 is 0 Å². The summed E-state index contributed by atoms with van der Waals surface area (Å²) in [5.74, 6) is 6.89. The number of esters is 10. The first-order valence-corrected chi connectivity index (χ1v) is 69.5. The van der Waals surface area contributed by atoms with E-state index in [0.29, 0.717) is 229 Å². The summed E-state index contributed by atoms with van der Waals surface area (Å²) >= 11 is 0. The summed E-state index contributed by atoms with van der Waals surface area (Å²) < 4.78 is 110. The predicted octanol–water partition coefficient (Wildman–Crippen LogP) is -0.159. The SMILES string of the molecule is O=C1CC2(CO1)CC1CC(OCCC[SiH3])C2C1.O=C1CC2(CO1)CC1CC(OCCC[SiH3])C2C1.O=C1CC2(CO1)CC1CC([SiH3])C2O1.O=C1CC2(CO1)CC1OC2CC1[SiH3].O=C1OCC2C3CC(OCCC[SiH3])C(C3)C12.O=C1OCC2C3CC([SiH3])C(O3)C12.O=C1OCC2C3OC(CC3[SiH3])C12.O=C1OCCC12CC1CC(OCCC[SiH3])C2C1.O=C1OCCC12CC1CC([SiH3])C2O1.O=C1OCCC12CC1OC2CC1[SiH3]. The van der Waals surface area contributed by atoms with E-state index in [-0.39, 0.29) is 140 Å². The molecule has 0 radical (unpaired) electrons. The maximum Gasteiger partial charge on any atom is 0.314 e. The molecule has 0 aromatic carbocycles. The Kier molecular flexibility index (Phi) is 31.7. The molecule has 8 aliphatic carbocycles. The lowest BCUT2D eigenvalue weighted by Crippen LogP contribution is -2.40. The summed E-state index contributed by atoms with van der Waals surface area (Å²) in [6.45, 7) is 9.93. The summed E-state index contributed by atoms with van der Waals surface area (Å²) in [6.07, 6.45) is 39.5. The monoisotopic (exact) mass is 2160 g/mol. The van der Waals surface area contributed by atoms with Gasteiger partial charge in [-0.05, 0) is 242 Å². The van der Waals surface area contributed by atoms with Gasteiger partial charge in [0.15, 0.2) is 0 Å². The number of carbonyl (C=O) groups is 10. The predicted molar refractivity (Wildman–Crippen MR) is 555 cm³/mol. The van der Waals surface area contributed by atoms with E-state index < -0.39 is 0 Å². The van der Waals surface area contributed by atoms with Crippen LogP contribution in [0.2, 0.25) is 57.4 Å². The van der Waals surface area contributed by atoms with Gasteiger partial charge in [0.2, 0.25) is 0 Å². The van der Waals surface area contributed by atoms with Crippen LogP contribution in [0.3, 0.4) is 0 Å². The molecule has 20 bridgehead atoms. The average molecular weight is 2170 g/mol. The molecule has 22 aliphatic heterocycles. The van der Waals surface area contributed by atoms with Gasteiger partial charge in [-0.15, -0.1) is 0 Å². The van der Waals surface area contributed by atoms with Crippen LogP contribution in [0.25, 0.3) is 0 Å². The second kappa shape index (κ2) is 43.1. The molecule has 30 fully saturated rings. The zero-order valence-corrected chi connectivity index (χ0v) is 107. The lowest BCUT2D eigenvalue weighted by Gasteiger charge is -2.36. The summed E-state index contributed by atoms with van der Waals surface area (Å²) in [5.41, 5.74) is 4.35. The van der Waals surface area contributed by atoms with Gasteiger partial charge in [0.25, 0.3) is 0 Å². The molecule has 30 aliphatic rings. The smallest absolute Gasteiger partial charge is 0.314 e. The Balaban J connectivity index is 0.0000000941. The highest BCUT2D eigenvalue weighted by molar-refractivity contribution is 6.14. The number of rotatable bonds is 16. The highest BCUT2D eigenvalue weighted by Gasteiger charge is 2.70. The van der Waals surface area contributed by atoms with Crippen molar-refractivity contribution < 1.29 is 143 Å². The molecular weight excluding hydrogens is 2000 g/mol. The fourth-order valence-electron chi connectivity index (χ4n) is 34.8. The lowest BCUT2D eigenvalue weighted by atomic mass is 9.71. The average Bonchev–Trinajstić information content (AvgIpc) is 1.55. The topological polar surface area (TPSA) is 355 Å². The van der Waals surface area contributed by atoms with Crippen LogP contribution in [0.1, 0.15) is 205 Å². The van der Waals surface area contributed by atoms with E-state index in [4.69, 9.17) is 94.7 Å². The Labute approximate surface area is 872 Å². The van der Waals surface area contributed by atoms with Gasteiger partial charge in [-0.1, -0.05) is 24.2 Å². The van der Waals surface area contributed by atoms with E-state index in [1.807, 2.05) is 0 Å². The van der Waals surface area contributed by atoms with Crippen LogP contribution in [0.5, 0.6) is 0 Å². The van der Waals surface area contributed by atoms with Crippen molar-refractivity contribution in [2.45, 2.75) is 361 Å². The third-order valence-corrected chi connectivity index (χ3v) is 51.5. The van der Waals surface area contributed by atoms with Crippen molar-refractivity contribution in [2.75, 3.05) is 92.5 Å². The van der Waals surface area contributed by atoms with E-state index in [1.54, 1.807) is 0 Å². The maximum atomic E-state index is 12.0. The van der Waals surface area contributed by atoms with Gasteiger partial charge in [-0.2, -0.15) is 0 Å². The first-order valence-electron chi connectivity index (χ1n) is 56.9. The van der Waals surface area contributed by atoms with Crippen LogP contribution in [0.4, 0.5) is 0 Å². The van der Waals surface area contributed by atoms with Crippen molar-refractivity contribution in [3.63, 3.8) is 0 Å². The molecule has 0 aromatic heterocycles. The number of hydrogen-bond donors (Lipinski definition) is 0. The van der Waals surface area contributed by atoms with Crippen molar-refractivity contribution in [1.29, 1.82) is 0 Å². The maximum absolute atomic E-state index is 12.0. The Bertz CT molecular complexity index is 4600. The first kappa shape index (κ1) is 105. The summed E-state index contributed by atoms with van der Waals surface area (Å²) in [7, 11) is 12.2. The number of ether oxygens (including phenoxy) is 20. The Morgan fingerprint density at radius 3 is 1.20 bits per heavy atom. The third-order valence-electron chi connectivity index (χ3n) is 41.8. The number of fused-ring (bicyclic) bond motifs is 36. The Morgan fingerprint density at radius 2 is 0.734 bits per heavy atom. The van der Waals surface area contributed by atoms with Gasteiger partial charge < -0.3 is 94.7 Å². The van der Waals surface area contributed by atoms with Crippen LogP contribution in [-0.2, 0) is 143 Å². The molecule has 798 valence electrons. The zero-order valence-electron chi connectivity index (χ0n) is 86.9. The van der Waals surface area contributed by atoms with Gasteiger partial charge in [0.05, 0.1) is 210 Å². The molecule has 30 nitrogen and oxygen atoms in total. The van der Waals surface area contributed by atoms with Crippen molar-refractivity contribution in [3.05, 3.63) is 0 Å².